The van der Waals surface area contributed by atoms with Crippen molar-refractivity contribution in [3.63, 3.8) is 0 Å². The average molecular weight is 377 g/mol. The number of ether oxygens (including phenoxy) is 1. The molecule has 142 valence electrons. The summed E-state index contributed by atoms with van der Waals surface area (Å²) < 4.78 is 17.0. The normalized spacial score (nSPS) is 11.1. The number of fused-ring (bicyclic) bond motifs is 1. The Morgan fingerprint density at radius 1 is 1.14 bits per heavy atom. The fourth-order valence-electron chi connectivity index (χ4n) is 3.11. The zero-order valence-corrected chi connectivity index (χ0v) is 15.6. The summed E-state index contributed by atoms with van der Waals surface area (Å²) in [4.78, 5) is 15.9. The van der Waals surface area contributed by atoms with Crippen molar-refractivity contribution in [3.8, 4) is 17.2 Å². The lowest BCUT2D eigenvalue weighted by Crippen LogP contribution is -2.04. The molecule has 4 aromatic rings. The van der Waals surface area contributed by atoms with Gasteiger partial charge in [0.1, 0.15) is 11.3 Å². The molecule has 7 nitrogen and oxygen atoms in total. The van der Waals surface area contributed by atoms with E-state index in [2.05, 4.69) is 22.1 Å². The van der Waals surface area contributed by atoms with Gasteiger partial charge in [-0.05, 0) is 48.7 Å². The zero-order valence-electron chi connectivity index (χ0n) is 15.6. The molecule has 0 radical (unpaired) electrons. The van der Waals surface area contributed by atoms with Crippen molar-refractivity contribution in [2.75, 3.05) is 0 Å². The molecule has 3 aromatic heterocycles. The highest BCUT2D eigenvalue weighted by molar-refractivity contribution is 5.87. The van der Waals surface area contributed by atoms with E-state index in [9.17, 15) is 4.79 Å². The quantitative estimate of drug-likeness (QED) is 0.468. The van der Waals surface area contributed by atoms with Gasteiger partial charge in [-0.2, -0.15) is 0 Å². The van der Waals surface area contributed by atoms with Crippen LogP contribution in [0.3, 0.4) is 0 Å². The van der Waals surface area contributed by atoms with E-state index >= 15 is 0 Å². The highest BCUT2D eigenvalue weighted by Gasteiger charge is 2.14. The van der Waals surface area contributed by atoms with E-state index in [0.717, 1.165) is 34.9 Å². The van der Waals surface area contributed by atoms with Gasteiger partial charge in [-0.25, -0.2) is 4.79 Å². The minimum atomic E-state index is -0.356. The highest BCUT2D eigenvalue weighted by Crippen LogP contribution is 2.31. The molecule has 0 N–H and O–H groups in total. The molecule has 0 atom stereocenters. The number of rotatable bonds is 6. The first-order valence-corrected chi connectivity index (χ1v) is 9.07. The van der Waals surface area contributed by atoms with Crippen molar-refractivity contribution in [2.45, 2.75) is 33.3 Å². The van der Waals surface area contributed by atoms with E-state index in [0.29, 0.717) is 23.1 Å². The topological polar surface area (TPSA) is 91.2 Å². The van der Waals surface area contributed by atoms with Gasteiger partial charge in [0.2, 0.25) is 5.89 Å². The number of aromatic nitrogens is 3. The fraction of sp³-hybridized carbons (Fsp3) is 0.238. The van der Waals surface area contributed by atoms with Crippen LogP contribution in [0.5, 0.6) is 5.75 Å². The van der Waals surface area contributed by atoms with E-state index in [-0.39, 0.29) is 12.2 Å². The van der Waals surface area contributed by atoms with Crippen LogP contribution in [0.2, 0.25) is 0 Å². The van der Waals surface area contributed by atoms with Crippen LogP contribution in [-0.2, 0) is 13.0 Å². The minimum Gasteiger partial charge on any atom is -0.483 e. The number of hydrogen-bond acceptors (Lipinski definition) is 7. The predicted molar refractivity (Wildman–Crippen MR) is 103 cm³/mol. The molecule has 1 aromatic carbocycles. The van der Waals surface area contributed by atoms with Crippen LogP contribution in [0.4, 0.5) is 0 Å². The van der Waals surface area contributed by atoms with Gasteiger partial charge >= 0.3 is 5.63 Å². The van der Waals surface area contributed by atoms with E-state index in [1.807, 2.05) is 25.1 Å². The molecular weight excluding hydrogens is 358 g/mol. The van der Waals surface area contributed by atoms with Crippen molar-refractivity contribution in [1.82, 2.24) is 15.2 Å². The van der Waals surface area contributed by atoms with Crippen LogP contribution in [0, 0.1) is 6.92 Å². The Hall–Kier alpha value is -3.48. The van der Waals surface area contributed by atoms with Crippen LogP contribution < -0.4 is 10.4 Å². The monoisotopic (exact) mass is 377 g/mol. The largest absolute Gasteiger partial charge is 0.483 e. The van der Waals surface area contributed by atoms with Crippen LogP contribution in [0.25, 0.3) is 22.4 Å². The molecule has 4 rings (SSSR count). The van der Waals surface area contributed by atoms with E-state index in [1.54, 1.807) is 18.5 Å². The number of pyridine rings is 1. The molecule has 0 aliphatic heterocycles. The third-order valence-electron chi connectivity index (χ3n) is 4.28. The summed E-state index contributed by atoms with van der Waals surface area (Å²) in [5.41, 5.74) is 2.75. The van der Waals surface area contributed by atoms with Crippen LogP contribution in [-0.4, -0.2) is 15.2 Å². The second-order valence-electron chi connectivity index (χ2n) is 6.51. The lowest BCUT2D eigenvalue weighted by molar-refractivity contribution is 0.267. The third-order valence-corrected chi connectivity index (χ3v) is 4.28. The number of nitrogens with zero attached hydrogens (tertiary/aromatic N) is 3. The Labute approximate surface area is 161 Å². The Balaban J connectivity index is 1.65. The van der Waals surface area contributed by atoms with Crippen LogP contribution in [0.15, 0.2) is 56.4 Å². The summed E-state index contributed by atoms with van der Waals surface area (Å²) in [5.74, 6) is 1.37. The molecule has 0 saturated heterocycles. The van der Waals surface area contributed by atoms with Gasteiger partial charge in [-0.15, -0.1) is 10.2 Å². The maximum absolute atomic E-state index is 11.9. The fourth-order valence-corrected chi connectivity index (χ4v) is 3.11. The first kappa shape index (κ1) is 17.9. The van der Waals surface area contributed by atoms with E-state index < -0.39 is 0 Å². The molecule has 0 fully saturated rings. The first-order valence-electron chi connectivity index (χ1n) is 9.07. The summed E-state index contributed by atoms with van der Waals surface area (Å²) in [5, 5.41) is 8.89. The summed E-state index contributed by atoms with van der Waals surface area (Å²) in [7, 11) is 0. The Morgan fingerprint density at radius 3 is 2.82 bits per heavy atom. The Bertz CT molecular complexity index is 1170. The van der Waals surface area contributed by atoms with Gasteiger partial charge in [0.05, 0.1) is 10.9 Å². The van der Waals surface area contributed by atoms with Gasteiger partial charge in [-0.1, -0.05) is 13.3 Å². The van der Waals surface area contributed by atoms with Gasteiger partial charge in [0.25, 0.3) is 5.89 Å². The van der Waals surface area contributed by atoms with Crippen molar-refractivity contribution in [3.05, 3.63) is 70.2 Å². The second-order valence-corrected chi connectivity index (χ2v) is 6.51. The Morgan fingerprint density at radius 2 is 2.04 bits per heavy atom. The summed E-state index contributed by atoms with van der Waals surface area (Å²) in [6, 6.07) is 8.94. The van der Waals surface area contributed by atoms with E-state index in [4.69, 9.17) is 13.6 Å². The van der Waals surface area contributed by atoms with Gasteiger partial charge in [0.15, 0.2) is 6.61 Å². The molecular formula is C21H19N3O4. The van der Waals surface area contributed by atoms with Crippen molar-refractivity contribution in [2.24, 2.45) is 0 Å². The number of benzene rings is 1. The highest BCUT2D eigenvalue weighted by atomic mass is 16.5. The molecule has 3 heterocycles. The lowest BCUT2D eigenvalue weighted by Gasteiger charge is -2.11. The van der Waals surface area contributed by atoms with Gasteiger partial charge in [0, 0.05) is 18.5 Å². The SMILES string of the molecule is CCCc1cc(=O)oc2cc(C)cc(OCc3nnc(-c4cccnc4)o3)c12. The van der Waals surface area contributed by atoms with Crippen molar-refractivity contribution < 1.29 is 13.6 Å². The third kappa shape index (κ3) is 3.64. The molecule has 0 unspecified atom stereocenters. The predicted octanol–water partition coefficient (Wildman–Crippen LogP) is 4.08. The maximum atomic E-state index is 11.9. The van der Waals surface area contributed by atoms with Gasteiger partial charge < -0.3 is 13.6 Å². The number of aryl methyl sites for hydroxylation is 2. The second kappa shape index (κ2) is 7.64. The summed E-state index contributed by atoms with van der Waals surface area (Å²) in [6.45, 7) is 4.09. The first-order chi connectivity index (χ1) is 13.6. The minimum absolute atomic E-state index is 0.108. The van der Waals surface area contributed by atoms with Crippen molar-refractivity contribution in [1.29, 1.82) is 0 Å². The molecule has 7 heteroatoms. The molecule has 0 aliphatic carbocycles. The van der Waals surface area contributed by atoms with Gasteiger partial charge in [-0.3, -0.25) is 4.98 Å². The standard InChI is InChI=1S/C21H19N3O4/c1-3-5-14-10-19(25)27-17-9-13(2)8-16(20(14)17)26-12-18-23-24-21(28-18)15-6-4-7-22-11-15/h4,6-11H,3,5,12H2,1-2H3. The summed E-state index contributed by atoms with van der Waals surface area (Å²) >= 11 is 0. The number of hydrogen-bond donors (Lipinski definition) is 0. The van der Waals surface area contributed by atoms with Crippen LogP contribution >= 0.6 is 0 Å². The lowest BCUT2D eigenvalue weighted by atomic mass is 10.0. The molecule has 0 bridgehead atoms. The molecule has 0 saturated carbocycles. The molecule has 0 amide bonds. The summed E-state index contributed by atoms with van der Waals surface area (Å²) in [6.07, 6.45) is 5.00. The van der Waals surface area contributed by atoms with E-state index in [1.165, 1.54) is 6.07 Å². The smallest absolute Gasteiger partial charge is 0.336 e. The zero-order chi connectivity index (χ0) is 19.5. The van der Waals surface area contributed by atoms with Crippen LogP contribution in [0.1, 0.15) is 30.4 Å². The molecule has 0 aliphatic rings. The Kier molecular flexibility index (Phi) is 4.89. The van der Waals surface area contributed by atoms with Crippen molar-refractivity contribution >= 4 is 11.0 Å². The molecule has 0 spiro atoms. The maximum Gasteiger partial charge on any atom is 0.336 e. The average Bonchev–Trinajstić information content (AvgIpc) is 3.15. The molecule has 28 heavy (non-hydrogen) atoms.